The molecule has 1 aromatic carbocycles. The first-order valence-electron chi connectivity index (χ1n) is 9.03. The van der Waals surface area contributed by atoms with E-state index < -0.39 is 0 Å². The molecule has 27 heavy (non-hydrogen) atoms. The van der Waals surface area contributed by atoms with Crippen molar-refractivity contribution in [3.8, 4) is 0 Å². The van der Waals surface area contributed by atoms with E-state index in [1.807, 2.05) is 45.9 Å². The Morgan fingerprint density at radius 3 is 2.56 bits per heavy atom. The van der Waals surface area contributed by atoms with Crippen molar-refractivity contribution in [2.24, 2.45) is 0 Å². The Morgan fingerprint density at radius 2 is 1.89 bits per heavy atom. The van der Waals surface area contributed by atoms with Crippen LogP contribution in [0.5, 0.6) is 0 Å². The second kappa shape index (κ2) is 7.70. The van der Waals surface area contributed by atoms with E-state index in [9.17, 15) is 9.18 Å². The number of carbonyl (C=O) groups is 1. The smallest absolute Gasteiger partial charge is 0.257 e. The number of amides is 1. The van der Waals surface area contributed by atoms with Gasteiger partial charge in [0.25, 0.3) is 5.91 Å². The molecule has 1 N–H and O–H groups in total. The maximum absolute atomic E-state index is 14.4. The van der Waals surface area contributed by atoms with Crippen molar-refractivity contribution in [1.29, 1.82) is 0 Å². The minimum Gasteiger partial charge on any atom is -0.352 e. The monoisotopic (exact) mass is 366 g/mol. The lowest BCUT2D eigenvalue weighted by molar-refractivity contribution is 0.0773. The highest BCUT2D eigenvalue weighted by Crippen LogP contribution is 2.30. The molecular formula is C21H23FN4O. The lowest BCUT2D eigenvalue weighted by Gasteiger charge is -2.21. The molecule has 0 atom stereocenters. The minimum atomic E-state index is -0.374. The fraction of sp³-hybridized carbons (Fsp3) is 0.286. The van der Waals surface area contributed by atoms with Crippen LogP contribution in [0.3, 0.4) is 0 Å². The van der Waals surface area contributed by atoms with Gasteiger partial charge in [0.15, 0.2) is 5.65 Å². The summed E-state index contributed by atoms with van der Waals surface area (Å²) >= 11 is 0. The average Bonchev–Trinajstić information content (AvgIpc) is 2.64. The van der Waals surface area contributed by atoms with Crippen LogP contribution < -0.4 is 5.32 Å². The second-order valence-electron chi connectivity index (χ2n) is 6.46. The van der Waals surface area contributed by atoms with Gasteiger partial charge in [0, 0.05) is 30.4 Å². The normalized spacial score (nSPS) is 10.9. The molecule has 0 spiro atoms. The highest BCUT2D eigenvalue weighted by Gasteiger charge is 2.21. The fourth-order valence-electron chi connectivity index (χ4n) is 3.01. The van der Waals surface area contributed by atoms with Crippen molar-refractivity contribution in [1.82, 2.24) is 14.9 Å². The number of carbonyl (C=O) groups excluding carboxylic acids is 1. The Balaban J connectivity index is 2.19. The van der Waals surface area contributed by atoms with Crippen LogP contribution in [-0.4, -0.2) is 33.9 Å². The molecule has 5 nitrogen and oxygen atoms in total. The van der Waals surface area contributed by atoms with E-state index in [1.165, 1.54) is 12.3 Å². The summed E-state index contributed by atoms with van der Waals surface area (Å²) < 4.78 is 14.4. The molecule has 0 aliphatic heterocycles. The van der Waals surface area contributed by atoms with Crippen molar-refractivity contribution in [2.45, 2.75) is 27.7 Å². The molecule has 6 heteroatoms. The molecular weight excluding hydrogens is 343 g/mol. The van der Waals surface area contributed by atoms with Crippen molar-refractivity contribution in [3.05, 3.63) is 59.2 Å². The fourth-order valence-corrected chi connectivity index (χ4v) is 3.01. The van der Waals surface area contributed by atoms with Gasteiger partial charge in [-0.2, -0.15) is 0 Å². The highest BCUT2D eigenvalue weighted by molar-refractivity contribution is 6.07. The molecule has 0 saturated heterocycles. The van der Waals surface area contributed by atoms with E-state index in [0.29, 0.717) is 41.1 Å². The summed E-state index contributed by atoms with van der Waals surface area (Å²) in [6, 6.07) is 8.66. The lowest BCUT2D eigenvalue weighted by atomic mass is 10.1. The summed E-state index contributed by atoms with van der Waals surface area (Å²) in [6.45, 7) is 8.72. The van der Waals surface area contributed by atoms with Crippen LogP contribution in [-0.2, 0) is 0 Å². The maximum Gasteiger partial charge on any atom is 0.257 e. The summed E-state index contributed by atoms with van der Waals surface area (Å²) in [7, 11) is 0. The van der Waals surface area contributed by atoms with Crippen LogP contribution in [0.2, 0.25) is 0 Å². The van der Waals surface area contributed by atoms with Gasteiger partial charge in [0.1, 0.15) is 5.82 Å². The molecule has 0 radical (unpaired) electrons. The van der Waals surface area contributed by atoms with Crippen LogP contribution in [0, 0.1) is 19.7 Å². The van der Waals surface area contributed by atoms with Crippen LogP contribution in [0.25, 0.3) is 11.0 Å². The first kappa shape index (κ1) is 18.8. The van der Waals surface area contributed by atoms with Gasteiger partial charge in [0.05, 0.1) is 16.9 Å². The summed E-state index contributed by atoms with van der Waals surface area (Å²) in [6.07, 6.45) is 1.52. The number of nitrogens with one attached hydrogen (secondary N) is 1. The zero-order valence-corrected chi connectivity index (χ0v) is 16.0. The number of pyridine rings is 2. The number of benzene rings is 1. The van der Waals surface area contributed by atoms with Crippen LogP contribution in [0.4, 0.5) is 15.8 Å². The van der Waals surface area contributed by atoms with E-state index in [1.54, 1.807) is 11.0 Å². The molecule has 2 heterocycles. The number of hydrogen-bond donors (Lipinski definition) is 1. The van der Waals surface area contributed by atoms with E-state index >= 15 is 0 Å². The second-order valence-corrected chi connectivity index (χ2v) is 6.46. The van der Waals surface area contributed by atoms with Crippen molar-refractivity contribution < 1.29 is 9.18 Å². The molecule has 0 bridgehead atoms. The minimum absolute atomic E-state index is 0.148. The Bertz CT molecular complexity index is 999. The Morgan fingerprint density at radius 1 is 1.15 bits per heavy atom. The molecule has 3 rings (SSSR count). The number of aromatic nitrogens is 2. The first-order chi connectivity index (χ1) is 12.9. The number of fused-ring (bicyclic) bond motifs is 1. The molecule has 1 amide bonds. The predicted octanol–water partition coefficient (Wildman–Crippen LogP) is 4.61. The summed E-state index contributed by atoms with van der Waals surface area (Å²) in [5.74, 6) is -0.522. The number of nitrogens with zero attached hydrogens (tertiary/aromatic N) is 3. The lowest BCUT2D eigenvalue weighted by Crippen LogP contribution is -2.31. The van der Waals surface area contributed by atoms with Crippen molar-refractivity contribution in [3.63, 3.8) is 0 Å². The number of rotatable bonds is 5. The third-order valence-corrected chi connectivity index (χ3v) is 4.53. The molecule has 0 aliphatic carbocycles. The molecule has 0 unspecified atom stereocenters. The molecule has 0 aliphatic rings. The molecule has 2 aromatic heterocycles. The van der Waals surface area contributed by atoms with Crippen LogP contribution in [0.15, 0.2) is 36.5 Å². The van der Waals surface area contributed by atoms with Gasteiger partial charge < -0.3 is 10.2 Å². The third-order valence-electron chi connectivity index (χ3n) is 4.53. The largest absolute Gasteiger partial charge is 0.352 e. The van der Waals surface area contributed by atoms with Gasteiger partial charge in [0.2, 0.25) is 0 Å². The number of hydrogen-bond acceptors (Lipinski definition) is 4. The number of halogens is 1. The van der Waals surface area contributed by atoms with Gasteiger partial charge in [-0.3, -0.25) is 4.79 Å². The first-order valence-corrected chi connectivity index (χ1v) is 9.03. The Hall–Kier alpha value is -3.02. The Kier molecular flexibility index (Phi) is 5.35. The zero-order valence-electron chi connectivity index (χ0n) is 16.0. The van der Waals surface area contributed by atoms with Crippen LogP contribution in [0.1, 0.15) is 35.5 Å². The standard InChI is InChI=1S/C21H23FN4O/c1-5-26(6-2)21(27)16-12-23-20-15(9-8-14(4)24-20)19(16)25-18-10-7-13(3)11-17(18)22/h7-12H,5-6H2,1-4H3,(H,23,24,25). The zero-order chi connectivity index (χ0) is 19.6. The molecule has 3 aromatic rings. The van der Waals surface area contributed by atoms with Gasteiger partial charge in [-0.25, -0.2) is 14.4 Å². The molecule has 0 fully saturated rings. The SMILES string of the molecule is CCN(CC)C(=O)c1cnc2nc(C)ccc2c1Nc1ccc(C)cc1F. The van der Waals surface area contributed by atoms with Gasteiger partial charge >= 0.3 is 0 Å². The van der Waals surface area contributed by atoms with Gasteiger partial charge in [-0.05, 0) is 57.5 Å². The molecule has 140 valence electrons. The van der Waals surface area contributed by atoms with E-state index in [-0.39, 0.29) is 11.7 Å². The van der Waals surface area contributed by atoms with Crippen LogP contribution >= 0.6 is 0 Å². The highest BCUT2D eigenvalue weighted by atomic mass is 19.1. The average molecular weight is 366 g/mol. The topological polar surface area (TPSA) is 58.1 Å². The van der Waals surface area contributed by atoms with E-state index in [2.05, 4.69) is 15.3 Å². The third kappa shape index (κ3) is 3.74. The van der Waals surface area contributed by atoms with E-state index in [0.717, 1.165) is 11.3 Å². The molecule has 0 saturated carbocycles. The predicted molar refractivity (Wildman–Crippen MR) is 106 cm³/mol. The number of anilines is 2. The van der Waals surface area contributed by atoms with E-state index in [4.69, 9.17) is 0 Å². The van der Waals surface area contributed by atoms with Crippen molar-refractivity contribution >= 4 is 28.3 Å². The number of aryl methyl sites for hydroxylation is 2. The van der Waals surface area contributed by atoms with Crippen molar-refractivity contribution in [2.75, 3.05) is 18.4 Å². The van der Waals surface area contributed by atoms with Gasteiger partial charge in [-0.15, -0.1) is 0 Å². The Labute approximate surface area is 158 Å². The maximum atomic E-state index is 14.4. The summed E-state index contributed by atoms with van der Waals surface area (Å²) in [5, 5.41) is 3.79. The quantitative estimate of drug-likeness (QED) is 0.716. The summed E-state index contributed by atoms with van der Waals surface area (Å²) in [4.78, 5) is 23.5. The summed E-state index contributed by atoms with van der Waals surface area (Å²) in [5.41, 5.74) is 3.40. The van der Waals surface area contributed by atoms with Gasteiger partial charge in [-0.1, -0.05) is 6.07 Å².